The number of hydrogen-bond acceptors (Lipinski definition) is 15. The number of carbonyl (C=O) groups is 3. The first-order valence-electron chi connectivity index (χ1n) is 9.50. The van der Waals surface area contributed by atoms with Crippen LogP contribution >= 0.6 is 46.6 Å². The van der Waals surface area contributed by atoms with Gasteiger partial charge in [0.1, 0.15) is 33.7 Å². The van der Waals surface area contributed by atoms with Gasteiger partial charge in [0.25, 0.3) is 11.8 Å². The smallest absolute Gasteiger partial charge is 0.353 e. The number of thioether (sulfide) groups is 3. The molecule has 14 nitrogen and oxygen atoms in total. The molecule has 2 atom stereocenters. The molecule has 2 aliphatic rings. The van der Waals surface area contributed by atoms with E-state index in [1.165, 1.54) is 40.7 Å². The number of nitrogens with one attached hydrogen (secondary N) is 1. The number of nitrogens with zero attached hydrogens (tertiary/aromatic N) is 5. The normalized spacial score (nSPS) is 19.8. The maximum atomic E-state index is 12.8. The standard InChI is InChI=1S/C17H17N9O5S4/c18-7-1-8(23-16(19)22-7)35-4-34-6-3-32-14-10(13(28)26(14)11(6)15(29)30)24-12(27)9(25-31)5-2-33-17(20)21-5/h1-2,10,14,31H,3-4H2,(H2,20,21)(H,24,27)(H,29,30)(H4,18,19,22,23)/b25-9-. The number of carboxylic acids is 1. The largest absolute Gasteiger partial charge is 0.477 e. The Hall–Kier alpha value is -3.22. The van der Waals surface area contributed by atoms with E-state index in [1.54, 1.807) is 6.07 Å². The number of amides is 2. The molecule has 4 heterocycles. The lowest BCUT2D eigenvalue weighted by Gasteiger charge is -2.49. The van der Waals surface area contributed by atoms with Gasteiger partial charge in [-0.2, -0.15) is 4.98 Å². The second-order valence-corrected chi connectivity index (χ2v) is 11.3. The van der Waals surface area contributed by atoms with Gasteiger partial charge in [0.2, 0.25) is 5.95 Å². The Morgan fingerprint density at radius 3 is 2.66 bits per heavy atom. The van der Waals surface area contributed by atoms with Crippen molar-refractivity contribution in [1.29, 1.82) is 0 Å². The molecule has 2 aliphatic heterocycles. The quantitative estimate of drug-likeness (QED) is 0.0480. The molecule has 9 N–H and O–H groups in total. The van der Waals surface area contributed by atoms with Crippen molar-refractivity contribution in [2.24, 2.45) is 5.16 Å². The molecule has 0 spiro atoms. The Bertz CT molecular complexity index is 1250. The number of carboxylic acid groups (broad SMARTS) is 1. The van der Waals surface area contributed by atoms with Crippen molar-refractivity contribution in [2.75, 3.05) is 28.0 Å². The van der Waals surface area contributed by atoms with E-state index in [-0.39, 0.29) is 28.3 Å². The minimum atomic E-state index is -1.26. The van der Waals surface area contributed by atoms with Crippen molar-refractivity contribution >= 4 is 87.0 Å². The average molecular weight is 556 g/mol. The average Bonchev–Trinajstić information content (AvgIpc) is 3.22. The van der Waals surface area contributed by atoms with Gasteiger partial charge in [-0.25, -0.2) is 14.8 Å². The number of β-lactam (4-membered cyclic amide) rings is 1. The maximum Gasteiger partial charge on any atom is 0.353 e. The molecule has 4 rings (SSSR count). The van der Waals surface area contributed by atoms with Crippen LogP contribution < -0.4 is 22.5 Å². The zero-order valence-corrected chi connectivity index (χ0v) is 20.7. The molecule has 35 heavy (non-hydrogen) atoms. The maximum absolute atomic E-state index is 12.8. The predicted octanol–water partition coefficient (Wildman–Crippen LogP) is 0.0371. The molecule has 2 unspecified atom stereocenters. The molecule has 18 heteroatoms. The van der Waals surface area contributed by atoms with Crippen molar-refractivity contribution in [3.05, 3.63) is 27.7 Å². The third kappa shape index (κ3) is 5.09. The number of aliphatic carboxylic acids is 1. The SMILES string of the molecule is Nc1cc(SCSC2=C(C(=O)O)N3C(=O)C(NC(=O)/C(=N\O)c4csc(N)n4)C3SC2)nc(N)n1. The number of nitrogens with two attached hydrogens (primary N) is 3. The first-order chi connectivity index (χ1) is 16.7. The number of rotatable bonds is 8. The van der Waals surface area contributed by atoms with Gasteiger partial charge in [0, 0.05) is 27.2 Å². The highest BCUT2D eigenvalue weighted by Gasteiger charge is 2.54. The van der Waals surface area contributed by atoms with E-state index in [9.17, 15) is 24.7 Å². The summed E-state index contributed by atoms with van der Waals surface area (Å²) in [6.45, 7) is 0. The van der Waals surface area contributed by atoms with Gasteiger partial charge in [-0.05, 0) is 0 Å². The molecular weight excluding hydrogens is 539 g/mol. The molecular formula is C17H17N9O5S4. The monoisotopic (exact) mass is 555 g/mol. The van der Waals surface area contributed by atoms with Crippen molar-refractivity contribution in [3.8, 4) is 0 Å². The summed E-state index contributed by atoms with van der Waals surface area (Å²) in [7, 11) is 0. The summed E-state index contributed by atoms with van der Waals surface area (Å²) < 4.78 is 0. The van der Waals surface area contributed by atoms with Crippen LogP contribution in [0.3, 0.4) is 0 Å². The Morgan fingerprint density at radius 2 is 2.03 bits per heavy atom. The van der Waals surface area contributed by atoms with Crippen molar-refractivity contribution in [2.45, 2.75) is 16.4 Å². The fourth-order valence-corrected chi connectivity index (χ4v) is 7.47. The fraction of sp³-hybridized carbons (Fsp3) is 0.235. The topological polar surface area (TPSA) is 236 Å². The molecule has 2 aromatic rings. The third-order valence-electron chi connectivity index (χ3n) is 4.68. The summed E-state index contributed by atoms with van der Waals surface area (Å²) in [4.78, 5) is 50.8. The van der Waals surface area contributed by atoms with Gasteiger partial charge in [0.15, 0.2) is 10.8 Å². The number of nitrogen functional groups attached to an aromatic ring is 3. The van der Waals surface area contributed by atoms with E-state index in [4.69, 9.17) is 17.2 Å². The van der Waals surface area contributed by atoms with E-state index in [1.807, 2.05) is 0 Å². The van der Waals surface area contributed by atoms with Gasteiger partial charge >= 0.3 is 5.97 Å². The van der Waals surface area contributed by atoms with Crippen LogP contribution in [0.25, 0.3) is 0 Å². The second-order valence-electron chi connectivity index (χ2n) is 6.85. The first kappa shape index (κ1) is 24.9. The zero-order chi connectivity index (χ0) is 25.3. The zero-order valence-electron chi connectivity index (χ0n) is 17.4. The highest BCUT2D eigenvalue weighted by atomic mass is 32.2. The van der Waals surface area contributed by atoms with Gasteiger partial charge in [-0.3, -0.25) is 14.5 Å². The summed E-state index contributed by atoms with van der Waals surface area (Å²) in [5.74, 6) is -2.12. The summed E-state index contributed by atoms with van der Waals surface area (Å²) >= 11 is 4.90. The lowest BCUT2D eigenvalue weighted by Crippen LogP contribution is -2.71. The fourth-order valence-electron chi connectivity index (χ4n) is 3.22. The van der Waals surface area contributed by atoms with Crippen LogP contribution in [0.4, 0.5) is 16.9 Å². The van der Waals surface area contributed by atoms with Crippen molar-refractivity contribution in [3.63, 3.8) is 0 Å². The Balaban J connectivity index is 1.44. The number of aromatic nitrogens is 3. The summed E-state index contributed by atoms with van der Waals surface area (Å²) in [5.41, 5.74) is 16.3. The molecule has 0 aliphatic carbocycles. The lowest BCUT2D eigenvalue weighted by molar-refractivity contribution is -0.150. The van der Waals surface area contributed by atoms with E-state index in [0.29, 0.717) is 20.8 Å². The van der Waals surface area contributed by atoms with Gasteiger partial charge in [-0.1, -0.05) is 16.9 Å². The number of oxime groups is 1. The number of carbonyl (C=O) groups excluding carboxylic acids is 2. The molecule has 0 radical (unpaired) electrons. The Morgan fingerprint density at radius 1 is 1.26 bits per heavy atom. The van der Waals surface area contributed by atoms with Crippen LogP contribution in [0, 0.1) is 0 Å². The lowest BCUT2D eigenvalue weighted by atomic mass is 10.0. The number of anilines is 3. The molecule has 0 bridgehead atoms. The molecule has 2 amide bonds. The van der Waals surface area contributed by atoms with Crippen LogP contribution in [0.2, 0.25) is 0 Å². The minimum Gasteiger partial charge on any atom is -0.477 e. The van der Waals surface area contributed by atoms with Crippen LogP contribution in [0.1, 0.15) is 5.69 Å². The van der Waals surface area contributed by atoms with Crippen LogP contribution in [0.15, 0.2) is 32.2 Å². The molecule has 1 saturated heterocycles. The highest BCUT2D eigenvalue weighted by Crippen LogP contribution is 2.44. The summed E-state index contributed by atoms with van der Waals surface area (Å²) in [6, 6.07) is 0.554. The van der Waals surface area contributed by atoms with Gasteiger partial charge in [-0.15, -0.1) is 34.9 Å². The van der Waals surface area contributed by atoms with Crippen LogP contribution in [-0.4, -0.2) is 75.9 Å². The van der Waals surface area contributed by atoms with Gasteiger partial charge in [0.05, 0.1) is 0 Å². The summed E-state index contributed by atoms with van der Waals surface area (Å²) in [5, 5.41) is 26.4. The first-order valence-corrected chi connectivity index (χ1v) is 13.4. The van der Waals surface area contributed by atoms with E-state index < -0.39 is 34.9 Å². The predicted molar refractivity (Wildman–Crippen MR) is 134 cm³/mol. The number of fused-ring (bicyclic) bond motifs is 1. The minimum absolute atomic E-state index is 0.0333. The highest BCUT2D eigenvalue weighted by molar-refractivity contribution is 8.18. The van der Waals surface area contributed by atoms with Crippen molar-refractivity contribution < 1.29 is 24.7 Å². The Kier molecular flexibility index (Phi) is 7.24. The Labute approximate surface area is 213 Å². The van der Waals surface area contributed by atoms with Crippen LogP contribution in [-0.2, 0) is 14.4 Å². The third-order valence-corrected chi connectivity index (χ3v) is 8.95. The molecule has 184 valence electrons. The summed E-state index contributed by atoms with van der Waals surface area (Å²) in [6.07, 6.45) is 0. The van der Waals surface area contributed by atoms with E-state index >= 15 is 0 Å². The molecule has 1 fully saturated rings. The van der Waals surface area contributed by atoms with Gasteiger partial charge < -0.3 is 32.8 Å². The van der Waals surface area contributed by atoms with Crippen LogP contribution in [0.5, 0.6) is 0 Å². The van der Waals surface area contributed by atoms with E-state index in [2.05, 4.69) is 25.4 Å². The number of hydrogen-bond donors (Lipinski definition) is 6. The molecule has 0 aromatic carbocycles. The molecule has 2 aromatic heterocycles. The van der Waals surface area contributed by atoms with Crippen molar-refractivity contribution in [1.82, 2.24) is 25.2 Å². The number of thiazole rings is 1. The molecule has 0 saturated carbocycles. The van der Waals surface area contributed by atoms with E-state index in [0.717, 1.165) is 16.2 Å². The second kappa shape index (κ2) is 10.2.